The topological polar surface area (TPSA) is 82.6 Å². The smallest absolute Gasteiger partial charge is 0.253 e. The molecule has 8 heteroatoms. The molecular formula is C30H36N4O3S. The number of nitrogens with one attached hydrogen (secondary N) is 1. The number of anilines is 1. The Kier molecular flexibility index (Phi) is 8.97. The number of benzene rings is 2. The molecule has 1 aliphatic heterocycles. The second-order valence-electron chi connectivity index (χ2n) is 9.63. The number of sulfonamides is 1. The second-order valence-corrected chi connectivity index (χ2v) is 11.4. The molecule has 1 N–H and O–H groups in total. The zero-order valence-electron chi connectivity index (χ0n) is 22.4. The molecule has 0 saturated carbocycles. The molecule has 200 valence electrons. The summed E-state index contributed by atoms with van der Waals surface area (Å²) in [5, 5.41) is 0. The number of aromatic nitrogens is 1. The summed E-state index contributed by atoms with van der Waals surface area (Å²) >= 11 is 0. The highest BCUT2D eigenvalue weighted by Gasteiger charge is 2.21. The van der Waals surface area contributed by atoms with E-state index in [2.05, 4.69) is 20.7 Å². The van der Waals surface area contributed by atoms with Crippen LogP contribution in [0.3, 0.4) is 0 Å². The van der Waals surface area contributed by atoms with Crippen molar-refractivity contribution >= 4 is 27.2 Å². The number of likely N-dealkylation sites (tertiary alicyclic amines) is 1. The van der Waals surface area contributed by atoms with Gasteiger partial charge in [0.2, 0.25) is 10.0 Å². The van der Waals surface area contributed by atoms with Gasteiger partial charge < -0.3 is 4.90 Å². The molecule has 4 rings (SSSR count). The van der Waals surface area contributed by atoms with Crippen molar-refractivity contribution in [1.29, 1.82) is 0 Å². The fourth-order valence-electron chi connectivity index (χ4n) is 4.98. The van der Waals surface area contributed by atoms with Crippen LogP contribution < -0.4 is 4.72 Å². The van der Waals surface area contributed by atoms with Crippen LogP contribution in [-0.4, -0.2) is 61.5 Å². The largest absolute Gasteiger partial charge is 0.339 e. The van der Waals surface area contributed by atoms with E-state index in [1.165, 1.54) is 11.1 Å². The average molecular weight is 533 g/mol. The predicted molar refractivity (Wildman–Crippen MR) is 153 cm³/mol. The monoisotopic (exact) mass is 532 g/mol. The van der Waals surface area contributed by atoms with Crippen LogP contribution in [0, 0.1) is 0 Å². The van der Waals surface area contributed by atoms with Crippen molar-refractivity contribution in [3.05, 3.63) is 101 Å². The molecule has 0 radical (unpaired) electrons. The summed E-state index contributed by atoms with van der Waals surface area (Å²) in [6, 6.07) is 19.4. The van der Waals surface area contributed by atoms with Gasteiger partial charge in [0.25, 0.3) is 5.91 Å². The first-order chi connectivity index (χ1) is 18.3. The van der Waals surface area contributed by atoms with Crippen LogP contribution in [-0.2, 0) is 16.6 Å². The van der Waals surface area contributed by atoms with Crippen molar-refractivity contribution in [3.8, 4) is 0 Å². The molecular weight excluding hydrogens is 496 g/mol. The molecule has 1 fully saturated rings. The third-order valence-electron chi connectivity index (χ3n) is 6.87. The zero-order chi connectivity index (χ0) is 27.1. The van der Waals surface area contributed by atoms with E-state index in [4.69, 9.17) is 0 Å². The van der Waals surface area contributed by atoms with Gasteiger partial charge in [-0.3, -0.25) is 19.4 Å². The highest BCUT2D eigenvalue weighted by molar-refractivity contribution is 7.92. The lowest BCUT2D eigenvalue weighted by atomic mass is 9.87. The zero-order valence-corrected chi connectivity index (χ0v) is 23.2. The van der Waals surface area contributed by atoms with E-state index in [-0.39, 0.29) is 5.91 Å². The van der Waals surface area contributed by atoms with E-state index in [0.29, 0.717) is 24.3 Å². The molecule has 0 bridgehead atoms. The number of hydrogen-bond acceptors (Lipinski definition) is 5. The summed E-state index contributed by atoms with van der Waals surface area (Å²) in [5.41, 5.74) is 6.81. The van der Waals surface area contributed by atoms with Gasteiger partial charge in [0.1, 0.15) is 0 Å². The fourth-order valence-corrected chi connectivity index (χ4v) is 5.54. The normalized spacial score (nSPS) is 14.2. The van der Waals surface area contributed by atoms with E-state index in [0.717, 1.165) is 55.4 Å². The summed E-state index contributed by atoms with van der Waals surface area (Å²) in [6.45, 7) is 8.02. The SMILES string of the molecule is CCN(CC)C(=O)c1ccc(C(=C2CCN(Cc3cccnc3)CC2)c2cccc(NS(C)(=O)=O)c2)cc1. The fraction of sp³-hybridized carbons (Fsp3) is 0.333. The van der Waals surface area contributed by atoms with Gasteiger partial charge in [-0.25, -0.2) is 8.42 Å². The van der Waals surface area contributed by atoms with E-state index in [1.807, 2.05) is 73.5 Å². The van der Waals surface area contributed by atoms with Crippen LogP contribution in [0.15, 0.2) is 78.6 Å². The van der Waals surface area contributed by atoms with Crippen molar-refractivity contribution in [2.75, 3.05) is 37.2 Å². The van der Waals surface area contributed by atoms with Crippen LogP contribution in [0.25, 0.3) is 5.57 Å². The Bertz CT molecular complexity index is 1370. The van der Waals surface area contributed by atoms with Gasteiger partial charge in [-0.2, -0.15) is 0 Å². The lowest BCUT2D eigenvalue weighted by Gasteiger charge is -2.30. The molecule has 0 unspecified atom stereocenters. The maximum Gasteiger partial charge on any atom is 0.253 e. The van der Waals surface area contributed by atoms with Gasteiger partial charge in [-0.15, -0.1) is 0 Å². The maximum atomic E-state index is 12.9. The standard InChI is InChI=1S/C30H36N4O3S/c1-4-34(5-2)30(35)26-13-11-24(12-14-26)29(27-9-6-10-28(20-27)32-38(3,36)37)25-15-18-33(19-16-25)22-23-8-7-17-31-21-23/h6-14,17,20-21,32H,4-5,15-16,18-19,22H2,1-3H3. The van der Waals surface area contributed by atoms with Crippen molar-refractivity contribution in [2.24, 2.45) is 0 Å². The first kappa shape index (κ1) is 27.5. The summed E-state index contributed by atoms with van der Waals surface area (Å²) in [6.07, 6.45) is 6.67. The Balaban J connectivity index is 1.66. The van der Waals surface area contributed by atoms with Gasteiger partial charge in [0.15, 0.2) is 0 Å². The van der Waals surface area contributed by atoms with Crippen molar-refractivity contribution in [2.45, 2.75) is 33.2 Å². The number of rotatable bonds is 9. The van der Waals surface area contributed by atoms with Crippen LogP contribution in [0.5, 0.6) is 0 Å². The van der Waals surface area contributed by atoms with Crippen LogP contribution >= 0.6 is 0 Å². The number of pyridine rings is 1. The molecule has 0 aliphatic carbocycles. The van der Waals surface area contributed by atoms with E-state index < -0.39 is 10.0 Å². The maximum absolute atomic E-state index is 12.9. The Hall–Kier alpha value is -3.49. The minimum atomic E-state index is -3.39. The predicted octanol–water partition coefficient (Wildman–Crippen LogP) is 5.03. The number of carbonyl (C=O) groups is 1. The number of nitrogens with zero attached hydrogens (tertiary/aromatic N) is 3. The van der Waals surface area contributed by atoms with Crippen molar-refractivity contribution in [3.63, 3.8) is 0 Å². The Morgan fingerprint density at radius 1 is 0.947 bits per heavy atom. The molecule has 1 saturated heterocycles. The number of hydrogen-bond donors (Lipinski definition) is 1. The van der Waals surface area contributed by atoms with Gasteiger partial charge in [-0.05, 0) is 79.3 Å². The highest BCUT2D eigenvalue weighted by Crippen LogP contribution is 2.34. The number of carbonyl (C=O) groups excluding carboxylic acids is 1. The number of piperidine rings is 1. The molecule has 1 amide bonds. The molecule has 1 aliphatic rings. The van der Waals surface area contributed by atoms with Gasteiger partial charge in [-0.1, -0.05) is 35.9 Å². The van der Waals surface area contributed by atoms with E-state index >= 15 is 0 Å². The van der Waals surface area contributed by atoms with Crippen molar-refractivity contribution < 1.29 is 13.2 Å². The molecule has 2 heterocycles. The van der Waals surface area contributed by atoms with E-state index in [9.17, 15) is 13.2 Å². The molecule has 0 atom stereocenters. The molecule has 3 aromatic rings. The Morgan fingerprint density at radius 3 is 2.24 bits per heavy atom. The summed E-state index contributed by atoms with van der Waals surface area (Å²) in [4.78, 5) is 21.3. The van der Waals surface area contributed by atoms with Crippen LogP contribution in [0.2, 0.25) is 0 Å². The molecule has 7 nitrogen and oxygen atoms in total. The number of amides is 1. The minimum Gasteiger partial charge on any atom is -0.339 e. The van der Waals surface area contributed by atoms with Crippen LogP contribution in [0.1, 0.15) is 53.7 Å². The lowest BCUT2D eigenvalue weighted by Crippen LogP contribution is -2.30. The summed E-state index contributed by atoms with van der Waals surface area (Å²) in [5.74, 6) is 0.0267. The van der Waals surface area contributed by atoms with Crippen LogP contribution in [0.4, 0.5) is 5.69 Å². The molecule has 38 heavy (non-hydrogen) atoms. The average Bonchev–Trinajstić information content (AvgIpc) is 2.91. The summed E-state index contributed by atoms with van der Waals surface area (Å²) in [7, 11) is -3.39. The Labute approximate surface area is 226 Å². The van der Waals surface area contributed by atoms with Gasteiger partial charge in [0, 0.05) is 56.4 Å². The second kappa shape index (κ2) is 12.4. The first-order valence-electron chi connectivity index (χ1n) is 13.1. The Morgan fingerprint density at radius 2 is 1.63 bits per heavy atom. The van der Waals surface area contributed by atoms with E-state index in [1.54, 1.807) is 12.3 Å². The molecule has 0 spiro atoms. The first-order valence-corrected chi connectivity index (χ1v) is 15.0. The summed E-state index contributed by atoms with van der Waals surface area (Å²) < 4.78 is 26.4. The molecule has 2 aromatic carbocycles. The van der Waals surface area contributed by atoms with Crippen molar-refractivity contribution in [1.82, 2.24) is 14.8 Å². The lowest BCUT2D eigenvalue weighted by molar-refractivity contribution is 0.0773. The third kappa shape index (κ3) is 7.08. The highest BCUT2D eigenvalue weighted by atomic mass is 32.2. The quantitative estimate of drug-likeness (QED) is 0.418. The third-order valence-corrected chi connectivity index (χ3v) is 7.47. The molecule has 1 aromatic heterocycles. The van der Waals surface area contributed by atoms with Gasteiger partial charge >= 0.3 is 0 Å². The van der Waals surface area contributed by atoms with Gasteiger partial charge in [0.05, 0.1) is 6.26 Å². The minimum absolute atomic E-state index is 0.0267.